The maximum atomic E-state index is 13.0. The Morgan fingerprint density at radius 1 is 1.19 bits per heavy atom. The van der Waals surface area contributed by atoms with E-state index in [1.165, 1.54) is 0 Å². The maximum Gasteiger partial charge on any atom is 0.225 e. The molecule has 0 saturated carbocycles. The summed E-state index contributed by atoms with van der Waals surface area (Å²) in [7, 11) is 3.39. The number of piperidine rings is 1. The predicted octanol–water partition coefficient (Wildman–Crippen LogP) is 2.40. The number of methoxy groups -OCH3 is 1. The number of aryl methyl sites for hydroxylation is 1. The first kappa shape index (κ1) is 20.8. The van der Waals surface area contributed by atoms with Gasteiger partial charge in [-0.15, -0.1) is 10.2 Å². The van der Waals surface area contributed by atoms with Gasteiger partial charge in [-0.1, -0.05) is 18.2 Å². The molecule has 3 aromatic rings. The zero-order valence-electron chi connectivity index (χ0n) is 17.8. The lowest BCUT2D eigenvalue weighted by atomic mass is 9.84. The number of hydrogen-bond donors (Lipinski definition) is 1. The number of carbonyl (C=O) groups is 2. The summed E-state index contributed by atoms with van der Waals surface area (Å²) in [5.41, 5.74) is 1.75. The fourth-order valence-electron chi connectivity index (χ4n) is 4.22. The third-order valence-corrected chi connectivity index (χ3v) is 5.92. The molecule has 0 aliphatic carbocycles. The Kier molecular flexibility index (Phi) is 6.16. The van der Waals surface area contributed by atoms with E-state index in [1.54, 1.807) is 19.1 Å². The first-order valence-corrected chi connectivity index (χ1v) is 10.5. The molecule has 1 fully saturated rings. The topological polar surface area (TPSA) is 88.8 Å². The molecule has 2 amide bonds. The second-order valence-corrected chi connectivity index (χ2v) is 7.81. The molecule has 1 aliphatic heterocycles. The van der Waals surface area contributed by atoms with E-state index in [0.717, 1.165) is 35.6 Å². The van der Waals surface area contributed by atoms with Gasteiger partial charge in [0.05, 0.1) is 19.1 Å². The molecule has 2 unspecified atom stereocenters. The van der Waals surface area contributed by atoms with Crippen molar-refractivity contribution in [1.82, 2.24) is 24.8 Å². The molecular weight excluding hydrogens is 394 g/mol. The number of carbonyl (C=O) groups excluding carboxylic acids is 2. The summed E-state index contributed by atoms with van der Waals surface area (Å²) in [5.74, 6) is 1.37. The molecule has 4 rings (SSSR count). The van der Waals surface area contributed by atoms with Gasteiger partial charge in [0, 0.05) is 32.6 Å². The molecule has 1 aliphatic rings. The molecule has 1 N–H and O–H groups in total. The summed E-state index contributed by atoms with van der Waals surface area (Å²) < 4.78 is 7.19. The van der Waals surface area contributed by atoms with Gasteiger partial charge in [-0.2, -0.15) is 0 Å². The molecule has 1 saturated heterocycles. The van der Waals surface area contributed by atoms with Crippen LogP contribution in [0.1, 0.15) is 36.7 Å². The van der Waals surface area contributed by atoms with Crippen molar-refractivity contribution in [2.75, 3.05) is 20.7 Å². The van der Waals surface area contributed by atoms with Crippen LogP contribution in [0.3, 0.4) is 0 Å². The van der Waals surface area contributed by atoms with Crippen LogP contribution in [0.25, 0.3) is 5.65 Å². The highest BCUT2D eigenvalue weighted by Crippen LogP contribution is 2.36. The van der Waals surface area contributed by atoms with Crippen molar-refractivity contribution in [1.29, 1.82) is 0 Å². The Labute approximate surface area is 181 Å². The Hall–Kier alpha value is -3.42. The van der Waals surface area contributed by atoms with E-state index in [-0.39, 0.29) is 23.8 Å². The number of aromatic nitrogens is 3. The summed E-state index contributed by atoms with van der Waals surface area (Å²) in [4.78, 5) is 27.0. The third kappa shape index (κ3) is 4.38. The van der Waals surface area contributed by atoms with Gasteiger partial charge in [0.1, 0.15) is 11.6 Å². The van der Waals surface area contributed by atoms with Crippen LogP contribution < -0.4 is 10.1 Å². The standard InChI is InChI=1S/C23H27N5O3/c1-27-21(29)13-12-18(22(27)16-8-10-17(31-2)11-9-16)23(30)24-14-5-7-20-26-25-19-6-3-4-15-28(19)20/h3-4,6,8-11,15,18,22H,5,7,12-14H2,1-2H3,(H,24,30). The van der Waals surface area contributed by atoms with Crippen molar-refractivity contribution in [2.45, 2.75) is 31.7 Å². The average Bonchev–Trinajstić information content (AvgIpc) is 3.21. The number of rotatable bonds is 7. The van der Waals surface area contributed by atoms with Gasteiger partial charge in [-0.05, 0) is 42.7 Å². The highest BCUT2D eigenvalue weighted by Gasteiger charge is 2.38. The zero-order chi connectivity index (χ0) is 21.8. The minimum atomic E-state index is -0.287. The van der Waals surface area contributed by atoms with E-state index in [9.17, 15) is 9.59 Å². The van der Waals surface area contributed by atoms with Crippen molar-refractivity contribution in [3.63, 3.8) is 0 Å². The fourth-order valence-corrected chi connectivity index (χ4v) is 4.22. The normalized spacial score (nSPS) is 18.9. The largest absolute Gasteiger partial charge is 0.497 e. The smallest absolute Gasteiger partial charge is 0.225 e. The Morgan fingerprint density at radius 3 is 2.77 bits per heavy atom. The van der Waals surface area contributed by atoms with Crippen molar-refractivity contribution in [3.8, 4) is 5.75 Å². The Balaban J connectivity index is 1.38. The van der Waals surface area contributed by atoms with Crippen LogP contribution in [0.15, 0.2) is 48.7 Å². The molecule has 0 radical (unpaired) electrons. The number of amides is 2. The molecule has 2 aromatic heterocycles. The lowest BCUT2D eigenvalue weighted by Crippen LogP contribution is -2.46. The van der Waals surface area contributed by atoms with Crippen LogP contribution >= 0.6 is 0 Å². The molecule has 162 valence electrons. The summed E-state index contributed by atoms with van der Waals surface area (Å²) in [6.07, 6.45) is 4.34. The summed E-state index contributed by atoms with van der Waals surface area (Å²) in [5, 5.41) is 11.4. The van der Waals surface area contributed by atoms with E-state index in [1.807, 2.05) is 53.1 Å². The third-order valence-electron chi connectivity index (χ3n) is 5.92. The van der Waals surface area contributed by atoms with Gasteiger partial charge in [0.15, 0.2) is 5.65 Å². The molecule has 1 aromatic carbocycles. The number of likely N-dealkylation sites (tertiary alicyclic amines) is 1. The molecule has 0 spiro atoms. The van der Waals surface area contributed by atoms with Crippen LogP contribution in [-0.2, 0) is 16.0 Å². The van der Waals surface area contributed by atoms with Gasteiger partial charge in [-0.25, -0.2) is 0 Å². The van der Waals surface area contributed by atoms with E-state index in [4.69, 9.17) is 4.74 Å². The lowest BCUT2D eigenvalue weighted by Gasteiger charge is -2.38. The number of benzene rings is 1. The van der Waals surface area contributed by atoms with E-state index < -0.39 is 0 Å². The number of nitrogens with zero attached hydrogens (tertiary/aromatic N) is 4. The Bertz CT molecular complexity index is 1060. The second kappa shape index (κ2) is 9.16. The summed E-state index contributed by atoms with van der Waals surface area (Å²) in [6, 6.07) is 13.1. The predicted molar refractivity (Wildman–Crippen MR) is 116 cm³/mol. The minimum Gasteiger partial charge on any atom is -0.497 e. The first-order valence-electron chi connectivity index (χ1n) is 10.5. The summed E-state index contributed by atoms with van der Waals surface area (Å²) >= 11 is 0. The van der Waals surface area contributed by atoms with E-state index >= 15 is 0 Å². The number of fused-ring (bicyclic) bond motifs is 1. The van der Waals surface area contributed by atoms with Crippen LogP contribution in [0.5, 0.6) is 5.75 Å². The molecule has 0 bridgehead atoms. The van der Waals surface area contributed by atoms with Gasteiger partial charge >= 0.3 is 0 Å². The van der Waals surface area contributed by atoms with Gasteiger partial charge in [0.25, 0.3) is 0 Å². The highest BCUT2D eigenvalue weighted by atomic mass is 16.5. The number of pyridine rings is 1. The van der Waals surface area contributed by atoms with E-state index in [0.29, 0.717) is 19.4 Å². The highest BCUT2D eigenvalue weighted by molar-refractivity contribution is 5.84. The van der Waals surface area contributed by atoms with Crippen LogP contribution in [0.4, 0.5) is 0 Å². The van der Waals surface area contributed by atoms with Crippen molar-refractivity contribution in [3.05, 3.63) is 60.0 Å². The fraction of sp³-hybridized carbons (Fsp3) is 0.391. The molecule has 2 atom stereocenters. The molecule has 8 heteroatoms. The monoisotopic (exact) mass is 421 g/mol. The average molecular weight is 422 g/mol. The van der Waals surface area contributed by atoms with Crippen molar-refractivity contribution in [2.24, 2.45) is 5.92 Å². The van der Waals surface area contributed by atoms with Gasteiger partial charge in [-0.3, -0.25) is 14.0 Å². The van der Waals surface area contributed by atoms with Crippen LogP contribution in [0.2, 0.25) is 0 Å². The van der Waals surface area contributed by atoms with Gasteiger partial charge in [0.2, 0.25) is 11.8 Å². The zero-order valence-corrected chi connectivity index (χ0v) is 17.8. The van der Waals surface area contributed by atoms with Gasteiger partial charge < -0.3 is 15.0 Å². The first-order chi connectivity index (χ1) is 15.1. The maximum absolute atomic E-state index is 13.0. The summed E-state index contributed by atoms with van der Waals surface area (Å²) in [6.45, 7) is 0.546. The molecule has 31 heavy (non-hydrogen) atoms. The molecule has 8 nitrogen and oxygen atoms in total. The number of hydrogen-bond acceptors (Lipinski definition) is 5. The number of nitrogens with one attached hydrogen (secondary N) is 1. The van der Waals surface area contributed by atoms with Crippen LogP contribution in [-0.4, -0.2) is 52.0 Å². The SMILES string of the molecule is COc1ccc(C2C(C(=O)NCCCc3nnc4ccccn34)CCC(=O)N2C)cc1. The van der Waals surface area contributed by atoms with E-state index in [2.05, 4.69) is 15.5 Å². The molecular formula is C23H27N5O3. The quantitative estimate of drug-likeness (QED) is 0.592. The minimum absolute atomic E-state index is 0.0220. The van der Waals surface area contributed by atoms with Crippen LogP contribution in [0, 0.1) is 5.92 Å². The van der Waals surface area contributed by atoms with Crippen molar-refractivity contribution < 1.29 is 14.3 Å². The lowest BCUT2D eigenvalue weighted by molar-refractivity contribution is -0.141. The van der Waals surface area contributed by atoms with Crippen molar-refractivity contribution >= 4 is 17.5 Å². The Morgan fingerprint density at radius 2 is 2.00 bits per heavy atom. The molecule has 3 heterocycles. The number of ether oxygens (including phenoxy) is 1. The second-order valence-electron chi connectivity index (χ2n) is 7.81.